The third kappa shape index (κ3) is 1.77. The van der Waals surface area contributed by atoms with Crippen molar-refractivity contribution in [1.82, 2.24) is 0 Å². The van der Waals surface area contributed by atoms with Crippen molar-refractivity contribution in [2.45, 2.75) is 13.3 Å². The Balaban J connectivity index is 3.35. The lowest BCUT2D eigenvalue weighted by Crippen LogP contribution is -2.15. The van der Waals surface area contributed by atoms with E-state index >= 15 is 0 Å². The zero-order valence-electron chi connectivity index (χ0n) is 7.30. The molecular formula is C9H11FN2O. The number of anilines is 1. The van der Waals surface area contributed by atoms with Crippen LogP contribution >= 0.6 is 0 Å². The van der Waals surface area contributed by atoms with Crippen LogP contribution in [-0.2, 0) is 6.42 Å². The summed E-state index contributed by atoms with van der Waals surface area (Å²) in [5, 5.41) is 0. The van der Waals surface area contributed by atoms with E-state index in [-0.39, 0.29) is 11.3 Å². The number of amides is 1. The first-order chi connectivity index (χ1) is 6.06. The number of hydrogen-bond donors (Lipinski definition) is 2. The van der Waals surface area contributed by atoms with Gasteiger partial charge in [0.1, 0.15) is 5.82 Å². The molecule has 4 heteroatoms. The van der Waals surface area contributed by atoms with E-state index < -0.39 is 11.7 Å². The maximum absolute atomic E-state index is 12.9. The molecular weight excluding hydrogens is 171 g/mol. The second kappa shape index (κ2) is 3.43. The molecule has 0 aliphatic carbocycles. The van der Waals surface area contributed by atoms with E-state index in [1.54, 1.807) is 0 Å². The molecule has 13 heavy (non-hydrogen) atoms. The van der Waals surface area contributed by atoms with Crippen LogP contribution in [0.3, 0.4) is 0 Å². The molecule has 0 aliphatic heterocycles. The number of hydrogen-bond acceptors (Lipinski definition) is 2. The zero-order chi connectivity index (χ0) is 10.0. The minimum Gasteiger partial charge on any atom is -0.398 e. The number of nitrogen functional groups attached to an aromatic ring is 1. The largest absolute Gasteiger partial charge is 0.398 e. The van der Waals surface area contributed by atoms with E-state index in [1.165, 1.54) is 6.07 Å². The van der Waals surface area contributed by atoms with Crippen LogP contribution in [0.15, 0.2) is 12.1 Å². The second-order valence-electron chi connectivity index (χ2n) is 2.74. The average molecular weight is 182 g/mol. The summed E-state index contributed by atoms with van der Waals surface area (Å²) in [5.41, 5.74) is 11.6. The van der Waals surface area contributed by atoms with Crippen LogP contribution in [0.25, 0.3) is 0 Å². The molecule has 0 bridgehead atoms. The van der Waals surface area contributed by atoms with Crippen molar-refractivity contribution in [2.75, 3.05) is 5.73 Å². The summed E-state index contributed by atoms with van der Waals surface area (Å²) in [4.78, 5) is 10.8. The first-order valence-corrected chi connectivity index (χ1v) is 3.94. The van der Waals surface area contributed by atoms with Crippen LogP contribution < -0.4 is 11.5 Å². The Bertz CT molecular complexity index is 350. The summed E-state index contributed by atoms with van der Waals surface area (Å²) in [6, 6.07) is 2.36. The van der Waals surface area contributed by atoms with E-state index in [4.69, 9.17) is 11.5 Å². The predicted octanol–water partition coefficient (Wildman–Crippen LogP) is 1.07. The van der Waals surface area contributed by atoms with E-state index in [0.29, 0.717) is 12.0 Å². The highest BCUT2D eigenvalue weighted by atomic mass is 19.1. The van der Waals surface area contributed by atoms with Crippen LogP contribution in [0.4, 0.5) is 10.1 Å². The zero-order valence-corrected chi connectivity index (χ0v) is 7.30. The van der Waals surface area contributed by atoms with Crippen molar-refractivity contribution in [2.24, 2.45) is 5.73 Å². The van der Waals surface area contributed by atoms with Gasteiger partial charge in [-0.05, 0) is 24.1 Å². The summed E-state index contributed by atoms with van der Waals surface area (Å²) < 4.78 is 12.9. The van der Waals surface area contributed by atoms with Crippen LogP contribution in [0.1, 0.15) is 22.8 Å². The van der Waals surface area contributed by atoms with Gasteiger partial charge in [-0.25, -0.2) is 4.39 Å². The SMILES string of the molecule is CCc1cc(F)cc(C(N)=O)c1N. The smallest absolute Gasteiger partial charge is 0.250 e. The minimum absolute atomic E-state index is 0.0526. The maximum atomic E-state index is 12.9. The second-order valence-corrected chi connectivity index (χ2v) is 2.74. The summed E-state index contributed by atoms with van der Waals surface area (Å²) in [6.07, 6.45) is 0.573. The van der Waals surface area contributed by atoms with E-state index in [0.717, 1.165) is 6.07 Å². The number of primary amides is 1. The Labute approximate surface area is 75.5 Å². The molecule has 0 spiro atoms. The molecule has 0 saturated heterocycles. The van der Waals surface area contributed by atoms with E-state index in [9.17, 15) is 9.18 Å². The number of halogens is 1. The van der Waals surface area contributed by atoms with Gasteiger partial charge in [0.2, 0.25) is 0 Å². The molecule has 0 unspecified atom stereocenters. The molecule has 1 amide bonds. The number of carbonyl (C=O) groups excluding carboxylic acids is 1. The normalized spacial score (nSPS) is 10.0. The van der Waals surface area contributed by atoms with E-state index in [2.05, 4.69) is 0 Å². The van der Waals surface area contributed by atoms with Crippen molar-refractivity contribution >= 4 is 11.6 Å². The Kier molecular flexibility index (Phi) is 2.51. The van der Waals surface area contributed by atoms with Gasteiger partial charge in [-0.3, -0.25) is 4.79 Å². The summed E-state index contributed by atoms with van der Waals surface area (Å²) in [7, 11) is 0. The van der Waals surface area contributed by atoms with E-state index in [1.807, 2.05) is 6.92 Å². The van der Waals surface area contributed by atoms with Gasteiger partial charge in [-0.15, -0.1) is 0 Å². The number of carbonyl (C=O) groups is 1. The molecule has 70 valence electrons. The van der Waals surface area contributed by atoms with Crippen molar-refractivity contribution in [1.29, 1.82) is 0 Å². The molecule has 0 atom stereocenters. The topological polar surface area (TPSA) is 69.1 Å². The minimum atomic E-state index is -0.702. The molecule has 3 nitrogen and oxygen atoms in total. The van der Waals surface area contributed by atoms with Gasteiger partial charge in [0, 0.05) is 5.69 Å². The fourth-order valence-corrected chi connectivity index (χ4v) is 1.17. The Morgan fingerprint density at radius 3 is 2.62 bits per heavy atom. The lowest BCUT2D eigenvalue weighted by Gasteiger charge is -2.06. The number of nitrogens with two attached hydrogens (primary N) is 2. The standard InChI is InChI=1S/C9H11FN2O/c1-2-5-3-6(10)4-7(8(5)11)9(12)13/h3-4H,2,11H2,1H3,(H2,12,13). The molecule has 0 heterocycles. The molecule has 0 fully saturated rings. The molecule has 0 radical (unpaired) electrons. The quantitative estimate of drug-likeness (QED) is 0.671. The van der Waals surface area contributed by atoms with Gasteiger partial charge < -0.3 is 11.5 Å². The van der Waals surface area contributed by atoms with Gasteiger partial charge in [-0.2, -0.15) is 0 Å². The first kappa shape index (κ1) is 9.51. The lowest BCUT2D eigenvalue weighted by molar-refractivity contribution is 0.100. The molecule has 1 rings (SSSR count). The van der Waals surface area contributed by atoms with Crippen molar-refractivity contribution in [3.05, 3.63) is 29.1 Å². The Morgan fingerprint density at radius 1 is 1.54 bits per heavy atom. The lowest BCUT2D eigenvalue weighted by atomic mass is 10.0. The molecule has 1 aromatic rings. The Hall–Kier alpha value is -1.58. The predicted molar refractivity (Wildman–Crippen MR) is 48.7 cm³/mol. The van der Waals surface area contributed by atoms with Crippen molar-refractivity contribution in [3.63, 3.8) is 0 Å². The van der Waals surface area contributed by atoms with Crippen molar-refractivity contribution in [3.8, 4) is 0 Å². The maximum Gasteiger partial charge on any atom is 0.250 e. The highest BCUT2D eigenvalue weighted by molar-refractivity contribution is 5.98. The summed E-state index contributed by atoms with van der Waals surface area (Å²) in [5.74, 6) is -1.19. The highest BCUT2D eigenvalue weighted by Gasteiger charge is 2.10. The third-order valence-corrected chi connectivity index (χ3v) is 1.88. The van der Waals surface area contributed by atoms with Crippen LogP contribution in [-0.4, -0.2) is 5.91 Å². The van der Waals surface area contributed by atoms with Gasteiger partial charge in [0.05, 0.1) is 5.56 Å². The van der Waals surface area contributed by atoms with Gasteiger partial charge in [0.25, 0.3) is 5.91 Å². The number of benzene rings is 1. The van der Waals surface area contributed by atoms with Crippen LogP contribution in [0, 0.1) is 5.82 Å². The Morgan fingerprint density at radius 2 is 2.15 bits per heavy atom. The first-order valence-electron chi connectivity index (χ1n) is 3.94. The molecule has 4 N–H and O–H groups in total. The fourth-order valence-electron chi connectivity index (χ4n) is 1.17. The van der Waals surface area contributed by atoms with Gasteiger partial charge >= 0.3 is 0 Å². The molecule has 0 aromatic heterocycles. The molecule has 0 saturated carbocycles. The average Bonchev–Trinajstić information content (AvgIpc) is 2.08. The van der Waals surface area contributed by atoms with Gasteiger partial charge in [-0.1, -0.05) is 6.92 Å². The monoisotopic (exact) mass is 182 g/mol. The van der Waals surface area contributed by atoms with Crippen LogP contribution in [0.2, 0.25) is 0 Å². The molecule has 0 aliphatic rings. The van der Waals surface area contributed by atoms with Gasteiger partial charge in [0.15, 0.2) is 0 Å². The highest BCUT2D eigenvalue weighted by Crippen LogP contribution is 2.19. The molecule has 1 aromatic carbocycles. The van der Waals surface area contributed by atoms with Crippen LogP contribution in [0.5, 0.6) is 0 Å². The fraction of sp³-hybridized carbons (Fsp3) is 0.222. The summed E-state index contributed by atoms with van der Waals surface area (Å²) in [6.45, 7) is 1.83. The van der Waals surface area contributed by atoms with Crippen molar-refractivity contribution < 1.29 is 9.18 Å². The number of aryl methyl sites for hydroxylation is 1. The number of rotatable bonds is 2. The summed E-state index contributed by atoms with van der Waals surface area (Å²) >= 11 is 0. The third-order valence-electron chi connectivity index (χ3n) is 1.88.